The Morgan fingerprint density at radius 1 is 0.477 bits per heavy atom. The molecule has 3 heterocycles. The number of hydrogen-bond donors (Lipinski definition) is 9. The van der Waals surface area contributed by atoms with Gasteiger partial charge in [0, 0.05) is 43.6 Å². The smallest absolute Gasteiger partial charge is 0.407 e. The summed E-state index contributed by atoms with van der Waals surface area (Å²) in [6, 6.07) is -0.188. The molecule has 7 amide bonds. The van der Waals surface area contributed by atoms with Crippen molar-refractivity contribution in [3.05, 3.63) is 53.5 Å². The standard InChI is InChI=1S/C27H41N5O7S.C26H38N4O6.C26H38N4O5/c1-16(2)15-39-23-20(14-28-32(23)8-7-26(3,4)30-25(35)38-5)22(33)29-21-18-9-17-10-19(21)13-27(11-17,12-18)24(34)31-40(6,36)37;1-15(2)14-36-22-19(13-27-30(22)7-6-25(3,4)29-24(34)35-5)21(31)28-20-17-8-16-9-18(20)12-26(10-16,11-17)23(32)33;1-15(2)14-35-23-20(13-27-30(23)7-6-25(4,5)29-16(3)31)22(32)28-21-18-8-17-9-19(21)12-26(10-17,11-18)24(33)34/h7-8,14,16-19,21H,9-13,15H2,1-6H3,(H,29,33)(H,30,35)(H,31,34);6-7,13,15-18,20H,8-12,14H2,1-5H3,(H,28,31)(H,29,34)(H,32,33);6-7,13,15,17-19,21H,8-12,14H2,1-5H3,(H,28,32)(H,29,31)(H,33,34)/b8-7+;2*7-6+. The monoisotopic (exact) mass is 1570 g/mol. The molecule has 15 rings (SSSR count). The molecule has 0 saturated heterocycles. The van der Waals surface area contributed by atoms with Gasteiger partial charge < -0.3 is 65.8 Å². The molecule has 0 radical (unpaired) electrons. The summed E-state index contributed by atoms with van der Waals surface area (Å²) in [4.78, 5) is 112. The number of nitrogens with one attached hydrogen (secondary N) is 7. The van der Waals surface area contributed by atoms with Crippen LogP contribution in [0.4, 0.5) is 9.59 Å². The molecule has 12 saturated carbocycles. The van der Waals surface area contributed by atoms with E-state index in [-0.39, 0.29) is 95.0 Å². The molecule has 3 aromatic rings. The van der Waals surface area contributed by atoms with Gasteiger partial charge in [-0.25, -0.2) is 32.1 Å². The van der Waals surface area contributed by atoms with Crippen molar-refractivity contribution < 1.29 is 85.5 Å². The number of nitrogens with zero attached hydrogens (tertiary/aromatic N) is 6. The highest BCUT2D eigenvalue weighted by molar-refractivity contribution is 7.89. The third-order valence-corrected chi connectivity index (χ3v) is 24.2. The van der Waals surface area contributed by atoms with Gasteiger partial charge in [0.1, 0.15) is 16.7 Å². The molecular formula is C79H117N13O18S. The molecule has 12 aliphatic carbocycles. The van der Waals surface area contributed by atoms with E-state index in [1.54, 1.807) is 50.7 Å². The van der Waals surface area contributed by atoms with Crippen LogP contribution in [0.2, 0.25) is 0 Å². The number of aliphatic carboxylic acids is 2. The Kier molecular flexibility index (Phi) is 25.4. The number of alkyl carbamates (subject to hydrolysis) is 2. The van der Waals surface area contributed by atoms with Crippen molar-refractivity contribution in [2.45, 2.75) is 221 Å². The molecule has 12 aliphatic rings. The van der Waals surface area contributed by atoms with Gasteiger partial charge in [-0.05, 0) is 227 Å². The number of ether oxygens (including phenoxy) is 5. The second-order valence-corrected chi connectivity index (χ2v) is 37.9. The van der Waals surface area contributed by atoms with E-state index in [0.29, 0.717) is 117 Å². The van der Waals surface area contributed by atoms with Crippen LogP contribution in [0.15, 0.2) is 36.8 Å². The molecule has 0 aromatic carbocycles. The maximum Gasteiger partial charge on any atom is 0.407 e. The molecule has 3 aromatic heterocycles. The summed E-state index contributed by atoms with van der Waals surface area (Å²) >= 11 is 0. The summed E-state index contributed by atoms with van der Waals surface area (Å²) in [7, 11) is -1.05. The van der Waals surface area contributed by atoms with Crippen molar-refractivity contribution in [2.24, 2.45) is 87.3 Å². The number of methoxy groups -OCH3 is 2. The molecule has 9 N–H and O–H groups in total. The van der Waals surface area contributed by atoms with Gasteiger partial charge in [-0.1, -0.05) is 41.5 Å². The second-order valence-electron chi connectivity index (χ2n) is 36.1. The number of amides is 7. The Labute approximate surface area is 650 Å². The summed E-state index contributed by atoms with van der Waals surface area (Å²) in [6.45, 7) is 25.7. The first-order chi connectivity index (χ1) is 51.9. The predicted octanol–water partition coefficient (Wildman–Crippen LogP) is 9.37. The van der Waals surface area contributed by atoms with Crippen molar-refractivity contribution in [1.29, 1.82) is 0 Å². The van der Waals surface area contributed by atoms with Gasteiger partial charge in [0.2, 0.25) is 39.5 Å². The minimum Gasteiger partial charge on any atom is -0.481 e. The summed E-state index contributed by atoms with van der Waals surface area (Å²) in [5.74, 6) is 1.08. The Morgan fingerprint density at radius 3 is 1.00 bits per heavy atom. The lowest BCUT2D eigenvalue weighted by Gasteiger charge is -2.59. The lowest BCUT2D eigenvalue weighted by molar-refractivity contribution is -0.167. The Hall–Kier alpha value is -8.97. The van der Waals surface area contributed by atoms with Crippen LogP contribution in [0, 0.1) is 87.3 Å². The average Bonchev–Trinajstić information content (AvgIpc) is 1.58. The molecule has 612 valence electrons. The molecule has 0 aliphatic heterocycles. The third-order valence-electron chi connectivity index (χ3n) is 23.6. The van der Waals surface area contributed by atoms with Gasteiger partial charge in [0.25, 0.3) is 17.7 Å². The normalized spacial score (nSPS) is 28.6. The Bertz CT molecular complexity index is 4140. The molecule has 111 heavy (non-hydrogen) atoms. The summed E-state index contributed by atoms with van der Waals surface area (Å²) in [6.07, 6.45) is 26.1. The van der Waals surface area contributed by atoms with Gasteiger partial charge in [-0.3, -0.25) is 38.3 Å². The molecule has 12 bridgehead atoms. The lowest BCUT2D eigenvalue weighted by atomic mass is 9.47. The van der Waals surface area contributed by atoms with E-state index in [1.165, 1.54) is 53.8 Å². The number of hydrogen-bond acceptors (Lipinski definition) is 19. The molecule has 6 atom stereocenters. The van der Waals surface area contributed by atoms with Gasteiger partial charge in [-0.2, -0.15) is 15.3 Å². The minimum absolute atomic E-state index is 0.0259. The number of aromatic nitrogens is 6. The molecule has 31 nitrogen and oxygen atoms in total. The SMILES string of the molecule is CC(=O)NC(C)(C)/C=C/n1ncc(C(=O)NC2C3CC4CC2CC(C(=O)O)(C4)C3)c1OCC(C)C.COC(=O)NC(C)(C)/C=C/n1ncc(C(=O)NC2C3CC4CC2CC(C(=O)NS(C)(=O)=O)(C4)C3)c1OCC(C)C.COC(=O)NC(C)(C)/C=C/n1ncc(C(=O)NC2C3CC4CC2CC(C(=O)O)(C4)C3)c1OCC(C)C. The molecule has 0 spiro atoms. The quantitative estimate of drug-likeness (QED) is 0.0327. The van der Waals surface area contributed by atoms with Crippen molar-refractivity contribution in [2.75, 3.05) is 40.3 Å². The number of carboxylic acids is 2. The predicted molar refractivity (Wildman–Crippen MR) is 411 cm³/mol. The maximum atomic E-state index is 13.6. The van der Waals surface area contributed by atoms with E-state index in [2.05, 4.69) is 61.4 Å². The average molecular weight is 1570 g/mol. The highest BCUT2D eigenvalue weighted by atomic mass is 32.2. The molecule has 32 heteroatoms. The number of sulfonamides is 1. The molecule has 12 fully saturated rings. The second kappa shape index (κ2) is 33.4. The third kappa shape index (κ3) is 20.1. The van der Waals surface area contributed by atoms with E-state index in [1.807, 2.05) is 69.2 Å². The van der Waals surface area contributed by atoms with Gasteiger partial charge >= 0.3 is 24.1 Å². The topological polar surface area (TPSA) is 412 Å². The Balaban J connectivity index is 0.000000177. The van der Waals surface area contributed by atoms with Crippen LogP contribution in [-0.4, -0.2) is 177 Å². The summed E-state index contributed by atoms with van der Waals surface area (Å²) < 4.78 is 57.6. The highest BCUT2D eigenvalue weighted by Crippen LogP contribution is 2.63. The van der Waals surface area contributed by atoms with Crippen LogP contribution in [-0.2, 0) is 38.7 Å². The first-order valence-electron chi connectivity index (χ1n) is 39.0. The van der Waals surface area contributed by atoms with Gasteiger partial charge in [0.05, 0.1) is 91.7 Å². The minimum atomic E-state index is -3.65. The zero-order valence-electron chi connectivity index (χ0n) is 67.1. The fraction of sp³-hybridized carbons (Fsp3) is 0.696. The summed E-state index contributed by atoms with van der Waals surface area (Å²) in [5.41, 5.74) is -3.03. The van der Waals surface area contributed by atoms with E-state index >= 15 is 0 Å². The number of rotatable bonds is 28. The van der Waals surface area contributed by atoms with Crippen LogP contribution < -0.4 is 50.8 Å². The van der Waals surface area contributed by atoms with Crippen molar-refractivity contribution >= 4 is 82.3 Å². The number of carbonyl (C=O) groups is 9. The first kappa shape index (κ1) is 84.5. The highest BCUT2D eigenvalue weighted by Gasteiger charge is 2.62. The van der Waals surface area contributed by atoms with Crippen molar-refractivity contribution in [3.63, 3.8) is 0 Å². The van der Waals surface area contributed by atoms with E-state index in [4.69, 9.17) is 14.2 Å². The van der Waals surface area contributed by atoms with E-state index in [9.17, 15) is 61.8 Å². The first-order valence-corrected chi connectivity index (χ1v) is 40.9. The van der Waals surface area contributed by atoms with Gasteiger partial charge in [-0.15, -0.1) is 0 Å². The largest absolute Gasteiger partial charge is 0.481 e. The lowest BCUT2D eigenvalue weighted by Crippen LogP contribution is -2.62. The van der Waals surface area contributed by atoms with E-state index in [0.717, 1.165) is 57.6 Å². The van der Waals surface area contributed by atoms with Crippen LogP contribution in [0.1, 0.15) is 217 Å². The fourth-order valence-electron chi connectivity index (χ4n) is 19.5. The number of carboxylic acid groups (broad SMARTS) is 2. The maximum absolute atomic E-state index is 13.6. The fourth-order valence-corrected chi connectivity index (χ4v) is 20.1. The van der Waals surface area contributed by atoms with Crippen LogP contribution in [0.3, 0.4) is 0 Å². The van der Waals surface area contributed by atoms with E-state index < -0.39 is 72.9 Å². The van der Waals surface area contributed by atoms with Crippen molar-refractivity contribution in [1.82, 2.24) is 66.0 Å². The Morgan fingerprint density at radius 2 is 0.748 bits per heavy atom. The van der Waals surface area contributed by atoms with Crippen molar-refractivity contribution in [3.8, 4) is 17.6 Å². The van der Waals surface area contributed by atoms with Crippen LogP contribution in [0.25, 0.3) is 18.6 Å². The zero-order valence-corrected chi connectivity index (χ0v) is 67.9. The summed E-state index contributed by atoms with van der Waals surface area (Å²) in [5, 5.41) is 50.8. The molecular weight excluding hydrogens is 1450 g/mol. The van der Waals surface area contributed by atoms with Crippen LogP contribution in [0.5, 0.6) is 17.6 Å². The molecule has 6 unspecified atom stereocenters. The van der Waals surface area contributed by atoms with Crippen LogP contribution >= 0.6 is 0 Å². The number of carbonyl (C=O) groups excluding carboxylic acids is 7. The van der Waals surface area contributed by atoms with Gasteiger partial charge in [0.15, 0.2) is 0 Å². The zero-order chi connectivity index (χ0) is 81.3.